The van der Waals surface area contributed by atoms with Crippen molar-refractivity contribution >= 4 is 13.7 Å². The van der Waals surface area contributed by atoms with Gasteiger partial charge in [-0.1, -0.05) is 13.3 Å². The Hall–Kier alpha value is -1.42. The van der Waals surface area contributed by atoms with E-state index in [1.165, 1.54) is 29.1 Å². The highest BCUT2D eigenvalue weighted by Crippen LogP contribution is 2.44. The number of carbonyl (C=O) groups excluding carboxylic acids is 1. The molecule has 11 heteroatoms. The van der Waals surface area contributed by atoms with Crippen LogP contribution in [-0.4, -0.2) is 47.5 Å². The molecule has 0 saturated carbocycles. The Bertz CT molecular complexity index is 677. The maximum atomic E-state index is 14.4. The van der Waals surface area contributed by atoms with Gasteiger partial charge in [-0.05, 0) is 12.5 Å². The van der Waals surface area contributed by atoms with E-state index in [0.717, 1.165) is 6.42 Å². The summed E-state index contributed by atoms with van der Waals surface area (Å²) in [5.74, 6) is -0.696. The number of unbranched alkanes of at least 4 members (excludes halogenated alkanes) is 1. The average Bonchev–Trinajstić information content (AvgIpc) is 2.88. The first-order valence-electron chi connectivity index (χ1n) is 8.15. The van der Waals surface area contributed by atoms with Crippen LogP contribution in [0.4, 0.5) is 4.39 Å². The molecule has 1 aromatic rings. The Morgan fingerprint density at radius 1 is 1.50 bits per heavy atom. The van der Waals surface area contributed by atoms with E-state index < -0.39 is 44.9 Å². The molecule has 0 aliphatic carbocycles. The number of nitrogens with two attached hydrogens (primary N) is 1. The lowest BCUT2D eigenvalue weighted by atomic mass is 10.1. The molecule has 1 aliphatic rings. The third-order valence-corrected chi connectivity index (χ3v) is 4.83. The Morgan fingerprint density at radius 3 is 2.88 bits per heavy atom. The van der Waals surface area contributed by atoms with E-state index in [1.54, 1.807) is 0 Å². The monoisotopic (exact) mass is 393 g/mol. The second-order valence-electron chi connectivity index (χ2n) is 5.86. The summed E-state index contributed by atoms with van der Waals surface area (Å²) < 4.78 is 42.3. The Kier molecular flexibility index (Phi) is 7.22. The second-order valence-corrected chi connectivity index (χ2v) is 7.31. The summed E-state index contributed by atoms with van der Waals surface area (Å²) in [6.45, 7) is 1.40. The number of alkyl halides is 1. The largest absolute Gasteiger partial charge is 0.472 e. The maximum Gasteiger partial charge on any atom is 0.472 e. The van der Waals surface area contributed by atoms with Gasteiger partial charge in [-0.25, -0.2) is 8.96 Å². The summed E-state index contributed by atoms with van der Waals surface area (Å²) in [5, 5.41) is 9.98. The van der Waals surface area contributed by atoms with E-state index in [9.17, 15) is 23.7 Å². The van der Waals surface area contributed by atoms with Crippen LogP contribution in [0.25, 0.3) is 0 Å². The first kappa shape index (κ1) is 20.9. The molecule has 0 bridgehead atoms. The van der Waals surface area contributed by atoms with Crippen molar-refractivity contribution in [2.24, 2.45) is 5.73 Å². The SMILES string of the molecule is CCCCOP(=O)(O)OCC1OC([n+]2cccc(C(N)=O)c2)C(F)C1O. The van der Waals surface area contributed by atoms with Gasteiger partial charge in [-0.2, -0.15) is 4.57 Å². The van der Waals surface area contributed by atoms with E-state index in [1.807, 2.05) is 6.92 Å². The second kappa shape index (κ2) is 8.98. The molecule has 0 aromatic carbocycles. The summed E-state index contributed by atoms with van der Waals surface area (Å²) in [6, 6.07) is 2.93. The quantitative estimate of drug-likeness (QED) is 0.318. The molecule has 1 amide bonds. The van der Waals surface area contributed by atoms with Gasteiger partial charge in [0.25, 0.3) is 12.1 Å². The van der Waals surface area contributed by atoms with Gasteiger partial charge < -0.3 is 20.5 Å². The van der Waals surface area contributed by atoms with Gasteiger partial charge in [0.15, 0.2) is 12.4 Å². The molecule has 1 fully saturated rings. The number of rotatable bonds is 9. The molecule has 5 atom stereocenters. The number of pyridine rings is 1. The smallest absolute Gasteiger partial charge is 0.387 e. The van der Waals surface area contributed by atoms with Gasteiger partial charge in [0, 0.05) is 6.07 Å². The topological polar surface area (TPSA) is 132 Å². The van der Waals surface area contributed by atoms with Crippen molar-refractivity contribution in [3.63, 3.8) is 0 Å². The van der Waals surface area contributed by atoms with Crippen molar-refractivity contribution < 1.29 is 42.1 Å². The molecule has 2 heterocycles. The number of carbonyl (C=O) groups is 1. The third-order valence-electron chi connectivity index (χ3n) is 3.85. The number of phosphoric acid groups is 1. The molecule has 0 spiro atoms. The molecule has 26 heavy (non-hydrogen) atoms. The molecule has 146 valence electrons. The van der Waals surface area contributed by atoms with Crippen molar-refractivity contribution in [1.82, 2.24) is 0 Å². The minimum absolute atomic E-state index is 0.0441. The lowest BCUT2D eigenvalue weighted by molar-refractivity contribution is -0.764. The summed E-state index contributed by atoms with van der Waals surface area (Å²) in [7, 11) is -4.32. The maximum absolute atomic E-state index is 14.4. The Labute approximate surface area is 150 Å². The van der Waals surface area contributed by atoms with Gasteiger partial charge in [0.1, 0.15) is 17.8 Å². The van der Waals surface area contributed by atoms with Crippen LogP contribution in [0.3, 0.4) is 0 Å². The molecule has 4 N–H and O–H groups in total. The fraction of sp³-hybridized carbons (Fsp3) is 0.600. The number of hydrogen-bond acceptors (Lipinski definition) is 6. The van der Waals surface area contributed by atoms with Crippen molar-refractivity contribution in [3.05, 3.63) is 30.1 Å². The number of aromatic nitrogens is 1. The molecule has 9 nitrogen and oxygen atoms in total. The van der Waals surface area contributed by atoms with Gasteiger partial charge in [0.05, 0.1) is 13.2 Å². The van der Waals surface area contributed by atoms with Gasteiger partial charge in [0.2, 0.25) is 6.17 Å². The zero-order chi connectivity index (χ0) is 19.3. The summed E-state index contributed by atoms with van der Waals surface area (Å²) in [5.41, 5.74) is 5.33. The zero-order valence-electron chi connectivity index (χ0n) is 14.2. The van der Waals surface area contributed by atoms with Crippen LogP contribution in [-0.2, 0) is 18.3 Å². The number of aliphatic hydroxyl groups excluding tert-OH is 1. The van der Waals surface area contributed by atoms with Crippen molar-refractivity contribution in [2.45, 2.75) is 44.4 Å². The molecule has 5 unspecified atom stereocenters. The molecule has 1 aliphatic heterocycles. The fourth-order valence-corrected chi connectivity index (χ4v) is 3.18. The molecule has 0 radical (unpaired) electrons. The zero-order valence-corrected chi connectivity index (χ0v) is 15.1. The predicted octanol–water partition coefficient (Wildman–Crippen LogP) is 0.603. The highest BCUT2D eigenvalue weighted by atomic mass is 31.2. The lowest BCUT2D eigenvalue weighted by Gasteiger charge is -2.16. The lowest BCUT2D eigenvalue weighted by Crippen LogP contribution is -2.45. The first-order chi connectivity index (χ1) is 12.2. The van der Waals surface area contributed by atoms with E-state index in [2.05, 4.69) is 0 Å². The molecule has 2 rings (SSSR count). The van der Waals surface area contributed by atoms with Crippen molar-refractivity contribution in [1.29, 1.82) is 0 Å². The van der Waals surface area contributed by atoms with Crippen LogP contribution in [0.1, 0.15) is 36.4 Å². The normalized spacial score (nSPS) is 28.0. The van der Waals surface area contributed by atoms with E-state index >= 15 is 0 Å². The van der Waals surface area contributed by atoms with Crippen molar-refractivity contribution in [2.75, 3.05) is 13.2 Å². The number of ether oxygens (including phenoxy) is 1. The molecule has 1 saturated heterocycles. The summed E-state index contributed by atoms with van der Waals surface area (Å²) in [6.07, 6.45) is -1.75. The third kappa shape index (κ3) is 5.29. The van der Waals surface area contributed by atoms with Gasteiger partial charge >= 0.3 is 7.82 Å². The first-order valence-corrected chi connectivity index (χ1v) is 9.65. The van der Waals surface area contributed by atoms with E-state index in [-0.39, 0.29) is 12.2 Å². The molecular formula is C15H23FN2O7P+. The van der Waals surface area contributed by atoms with Crippen LogP contribution in [0.2, 0.25) is 0 Å². The predicted molar refractivity (Wildman–Crippen MR) is 86.6 cm³/mol. The molecular weight excluding hydrogens is 370 g/mol. The summed E-state index contributed by atoms with van der Waals surface area (Å²) in [4.78, 5) is 20.8. The minimum atomic E-state index is -4.32. The van der Waals surface area contributed by atoms with Crippen molar-refractivity contribution in [3.8, 4) is 0 Å². The molecule has 1 aromatic heterocycles. The number of nitrogens with zero attached hydrogens (tertiary/aromatic N) is 1. The fourth-order valence-electron chi connectivity index (χ4n) is 2.41. The van der Waals surface area contributed by atoms with Crippen LogP contribution >= 0.6 is 7.82 Å². The highest BCUT2D eigenvalue weighted by Gasteiger charge is 2.50. The van der Waals surface area contributed by atoms with E-state index in [4.69, 9.17) is 19.5 Å². The number of phosphoric ester groups is 1. The minimum Gasteiger partial charge on any atom is -0.387 e. The average molecular weight is 393 g/mol. The van der Waals surface area contributed by atoms with Crippen LogP contribution in [0.5, 0.6) is 0 Å². The van der Waals surface area contributed by atoms with Crippen LogP contribution in [0.15, 0.2) is 24.5 Å². The summed E-state index contributed by atoms with van der Waals surface area (Å²) >= 11 is 0. The standard InChI is InChI=1S/C15H22FN2O7P/c1-2-3-7-23-26(21,22)24-9-11-13(19)12(16)15(25-11)18-6-4-5-10(8-18)14(17)20/h4-6,8,11-13,15,19H,2-3,7,9H2,1H3,(H2-,17,20,21,22)/p+1. The Morgan fingerprint density at radius 2 is 2.23 bits per heavy atom. The van der Waals surface area contributed by atoms with Crippen LogP contribution in [0, 0.1) is 0 Å². The van der Waals surface area contributed by atoms with Gasteiger partial charge in [-0.15, -0.1) is 0 Å². The number of aliphatic hydroxyl groups is 1. The highest BCUT2D eigenvalue weighted by molar-refractivity contribution is 7.47. The van der Waals surface area contributed by atoms with E-state index in [0.29, 0.717) is 6.42 Å². The number of halogens is 1. The van der Waals surface area contributed by atoms with Crippen LogP contribution < -0.4 is 10.3 Å². The number of amides is 1. The number of primary amides is 1. The van der Waals surface area contributed by atoms with Gasteiger partial charge in [-0.3, -0.25) is 13.8 Å². The number of hydrogen-bond donors (Lipinski definition) is 3. The Balaban J connectivity index is 2.00.